The van der Waals surface area contributed by atoms with Crippen molar-refractivity contribution in [3.05, 3.63) is 20.8 Å². The van der Waals surface area contributed by atoms with Gasteiger partial charge in [0.25, 0.3) is 0 Å². The summed E-state index contributed by atoms with van der Waals surface area (Å²) in [5.74, 6) is 1.59. The lowest BCUT2D eigenvalue weighted by molar-refractivity contribution is 0.386. The molecule has 1 atom stereocenters. The van der Waals surface area contributed by atoms with Crippen LogP contribution in [-0.4, -0.2) is 12.6 Å². The molecule has 1 aliphatic carbocycles. The second kappa shape index (κ2) is 6.35. The van der Waals surface area contributed by atoms with Crippen molar-refractivity contribution < 1.29 is 0 Å². The zero-order valence-corrected chi connectivity index (χ0v) is 13.1. The Morgan fingerprint density at radius 2 is 2.24 bits per heavy atom. The van der Waals surface area contributed by atoms with Crippen LogP contribution < -0.4 is 5.32 Å². The molecule has 1 nitrogen and oxygen atoms in total. The zero-order valence-electron chi connectivity index (χ0n) is 10.7. The van der Waals surface area contributed by atoms with Crippen LogP contribution in [0.5, 0.6) is 0 Å². The normalized spacial score (nSPS) is 17.6. The summed E-state index contributed by atoms with van der Waals surface area (Å²) in [6, 6.07) is 3.11. The molecule has 1 aromatic rings. The first-order valence-corrected chi connectivity index (χ1v) is 8.27. The SMILES string of the molecule is CC(C)CC(CNC1CC1)Cc1cc(Br)cs1. The molecule has 0 amide bonds. The zero-order chi connectivity index (χ0) is 12.3. The molecule has 3 heteroatoms. The lowest BCUT2D eigenvalue weighted by Gasteiger charge is -2.19. The summed E-state index contributed by atoms with van der Waals surface area (Å²) in [5.41, 5.74) is 0. The number of thiophene rings is 1. The fourth-order valence-corrected chi connectivity index (χ4v) is 3.84. The molecular formula is C14H22BrNS. The van der Waals surface area contributed by atoms with Crippen LogP contribution in [0.3, 0.4) is 0 Å². The number of hydrogen-bond donors (Lipinski definition) is 1. The van der Waals surface area contributed by atoms with Gasteiger partial charge in [-0.1, -0.05) is 13.8 Å². The summed E-state index contributed by atoms with van der Waals surface area (Å²) in [7, 11) is 0. The van der Waals surface area contributed by atoms with Gasteiger partial charge in [-0.3, -0.25) is 0 Å². The molecule has 1 fully saturated rings. The van der Waals surface area contributed by atoms with E-state index in [2.05, 4.69) is 46.5 Å². The summed E-state index contributed by atoms with van der Waals surface area (Å²) in [6.45, 7) is 5.85. The minimum Gasteiger partial charge on any atom is -0.314 e. The second-order valence-corrected chi connectivity index (χ2v) is 7.52. The second-order valence-electron chi connectivity index (χ2n) is 5.61. The average Bonchev–Trinajstić information content (AvgIpc) is 2.99. The third kappa shape index (κ3) is 5.11. The Balaban J connectivity index is 1.84. The summed E-state index contributed by atoms with van der Waals surface area (Å²) in [4.78, 5) is 1.51. The molecule has 1 unspecified atom stereocenters. The van der Waals surface area contributed by atoms with Gasteiger partial charge in [0.15, 0.2) is 0 Å². The van der Waals surface area contributed by atoms with Crippen molar-refractivity contribution in [2.75, 3.05) is 6.54 Å². The molecule has 0 bridgehead atoms. The van der Waals surface area contributed by atoms with Crippen molar-refractivity contribution >= 4 is 27.3 Å². The van der Waals surface area contributed by atoms with Gasteiger partial charge in [0.05, 0.1) is 0 Å². The quantitative estimate of drug-likeness (QED) is 0.783. The third-order valence-corrected chi connectivity index (χ3v) is 4.91. The molecular weight excluding hydrogens is 294 g/mol. The van der Waals surface area contributed by atoms with E-state index in [0.717, 1.165) is 17.9 Å². The third-order valence-electron chi connectivity index (χ3n) is 3.19. The van der Waals surface area contributed by atoms with Gasteiger partial charge in [-0.25, -0.2) is 0 Å². The Hall–Kier alpha value is 0.140. The highest BCUT2D eigenvalue weighted by Gasteiger charge is 2.22. The fourth-order valence-electron chi connectivity index (χ4n) is 2.27. The molecule has 1 N–H and O–H groups in total. The molecule has 1 aromatic heterocycles. The molecule has 96 valence electrons. The molecule has 0 aliphatic heterocycles. The summed E-state index contributed by atoms with van der Waals surface area (Å²) in [6.07, 6.45) is 5.33. The van der Waals surface area contributed by atoms with Gasteiger partial charge in [0.2, 0.25) is 0 Å². The van der Waals surface area contributed by atoms with Crippen molar-refractivity contribution in [1.82, 2.24) is 5.32 Å². The largest absolute Gasteiger partial charge is 0.314 e. The lowest BCUT2D eigenvalue weighted by atomic mass is 9.93. The molecule has 0 radical (unpaired) electrons. The molecule has 0 saturated heterocycles. The van der Waals surface area contributed by atoms with E-state index in [1.165, 1.54) is 41.6 Å². The smallest absolute Gasteiger partial charge is 0.0285 e. The van der Waals surface area contributed by atoms with Crippen LogP contribution in [0, 0.1) is 11.8 Å². The maximum Gasteiger partial charge on any atom is 0.0285 e. The van der Waals surface area contributed by atoms with Crippen molar-refractivity contribution in [3.63, 3.8) is 0 Å². The highest BCUT2D eigenvalue weighted by molar-refractivity contribution is 9.10. The molecule has 1 saturated carbocycles. The van der Waals surface area contributed by atoms with Crippen LogP contribution in [0.2, 0.25) is 0 Å². The lowest BCUT2D eigenvalue weighted by Crippen LogP contribution is -2.26. The van der Waals surface area contributed by atoms with Crippen LogP contribution in [0.25, 0.3) is 0 Å². The summed E-state index contributed by atoms with van der Waals surface area (Å²) in [5, 5.41) is 5.87. The maximum absolute atomic E-state index is 3.68. The predicted molar refractivity (Wildman–Crippen MR) is 79.7 cm³/mol. The maximum atomic E-state index is 3.68. The van der Waals surface area contributed by atoms with Crippen LogP contribution in [0.1, 0.15) is 38.0 Å². The molecule has 17 heavy (non-hydrogen) atoms. The van der Waals surface area contributed by atoms with E-state index in [0.29, 0.717) is 0 Å². The highest BCUT2D eigenvalue weighted by atomic mass is 79.9. The highest BCUT2D eigenvalue weighted by Crippen LogP contribution is 2.26. The molecule has 1 aliphatic rings. The first kappa shape index (κ1) is 13.6. The standard InChI is InChI=1S/C14H22BrNS/c1-10(2)5-11(8-16-13-3-4-13)6-14-7-12(15)9-17-14/h7,9-11,13,16H,3-6,8H2,1-2H3. The van der Waals surface area contributed by atoms with E-state index in [4.69, 9.17) is 0 Å². The topological polar surface area (TPSA) is 12.0 Å². The van der Waals surface area contributed by atoms with Gasteiger partial charge in [-0.05, 0) is 66.1 Å². The van der Waals surface area contributed by atoms with E-state index >= 15 is 0 Å². The Morgan fingerprint density at radius 3 is 2.76 bits per heavy atom. The van der Waals surface area contributed by atoms with Crippen molar-refractivity contribution in [3.8, 4) is 0 Å². The van der Waals surface area contributed by atoms with Crippen LogP contribution in [-0.2, 0) is 6.42 Å². The van der Waals surface area contributed by atoms with Gasteiger partial charge >= 0.3 is 0 Å². The van der Waals surface area contributed by atoms with E-state index in [-0.39, 0.29) is 0 Å². The van der Waals surface area contributed by atoms with Crippen molar-refractivity contribution in [1.29, 1.82) is 0 Å². The van der Waals surface area contributed by atoms with Gasteiger partial charge < -0.3 is 5.32 Å². The van der Waals surface area contributed by atoms with E-state index in [9.17, 15) is 0 Å². The van der Waals surface area contributed by atoms with Gasteiger partial charge in [-0.15, -0.1) is 11.3 Å². The van der Waals surface area contributed by atoms with Crippen molar-refractivity contribution in [2.24, 2.45) is 11.8 Å². The van der Waals surface area contributed by atoms with Gasteiger partial charge in [-0.2, -0.15) is 0 Å². The molecule has 2 rings (SSSR count). The number of halogens is 1. The first-order chi connectivity index (χ1) is 8.13. The Morgan fingerprint density at radius 1 is 1.47 bits per heavy atom. The minimum atomic E-state index is 0.793. The molecule has 0 aromatic carbocycles. The van der Waals surface area contributed by atoms with E-state index in [1.807, 2.05) is 11.3 Å². The number of hydrogen-bond acceptors (Lipinski definition) is 2. The van der Waals surface area contributed by atoms with Crippen molar-refractivity contribution in [2.45, 2.75) is 45.6 Å². The van der Waals surface area contributed by atoms with Crippen LogP contribution >= 0.6 is 27.3 Å². The predicted octanol–water partition coefficient (Wildman–Crippen LogP) is 4.47. The van der Waals surface area contributed by atoms with Crippen LogP contribution in [0.4, 0.5) is 0 Å². The minimum absolute atomic E-state index is 0.793. The number of nitrogens with one attached hydrogen (secondary N) is 1. The average molecular weight is 316 g/mol. The Kier molecular flexibility index (Phi) is 5.07. The Labute approximate surface area is 117 Å². The molecule has 1 heterocycles. The van der Waals surface area contributed by atoms with Crippen LogP contribution in [0.15, 0.2) is 15.9 Å². The first-order valence-electron chi connectivity index (χ1n) is 6.59. The summed E-state index contributed by atoms with van der Waals surface area (Å²) >= 11 is 5.42. The monoisotopic (exact) mass is 315 g/mol. The number of rotatable bonds is 7. The molecule has 0 spiro atoms. The van der Waals surface area contributed by atoms with Gasteiger partial charge in [0.1, 0.15) is 0 Å². The van der Waals surface area contributed by atoms with E-state index in [1.54, 1.807) is 0 Å². The summed E-state index contributed by atoms with van der Waals surface area (Å²) < 4.78 is 1.23. The van der Waals surface area contributed by atoms with E-state index < -0.39 is 0 Å². The Bertz CT molecular complexity index is 344. The van der Waals surface area contributed by atoms with Gasteiger partial charge in [0, 0.05) is 20.8 Å². The fraction of sp³-hybridized carbons (Fsp3) is 0.714.